The number of H-pyrrole nitrogens is 1. The average molecular weight is 1680 g/mol. The minimum absolute atomic E-state index is 0.0395. The zero-order valence-corrected chi connectivity index (χ0v) is 69.1. The van der Waals surface area contributed by atoms with Crippen molar-refractivity contribution < 1.29 is 72.0 Å². The molecule has 18 aromatic rings. The summed E-state index contributed by atoms with van der Waals surface area (Å²) in [6.45, 7) is 52.7. The molecule has 0 bridgehead atoms. The number of phenolic OH excluding ortho intramolecular Hbond substituents is 5. The number of benzene rings is 13. The molecule has 18 rings (SSSR count). The summed E-state index contributed by atoms with van der Waals surface area (Å²) >= 11 is 0. The van der Waals surface area contributed by atoms with E-state index in [1.807, 2.05) is 162 Å². The Bertz CT molecular complexity index is 7580. The maximum absolute atomic E-state index is 12.9. The fourth-order valence-corrected chi connectivity index (χ4v) is 14.4. The summed E-state index contributed by atoms with van der Waals surface area (Å²) in [6, 6.07) is 67.3. The molecule has 5 aromatic heterocycles. The van der Waals surface area contributed by atoms with Crippen LogP contribution in [0.25, 0.3) is 156 Å². The van der Waals surface area contributed by atoms with Crippen molar-refractivity contribution in [1.82, 2.24) is 19.9 Å². The Labute approximate surface area is 719 Å². The van der Waals surface area contributed by atoms with Gasteiger partial charge in [0.2, 0.25) is 11.4 Å². The molecule has 0 spiro atoms. The quantitative estimate of drug-likeness (QED) is 0.0493. The average Bonchev–Trinajstić information content (AvgIpc) is 2.02. The molecule has 0 unspecified atom stereocenters. The van der Waals surface area contributed by atoms with E-state index in [9.17, 15) is 53.4 Å². The van der Waals surface area contributed by atoms with Gasteiger partial charge in [-0.25, -0.2) is 29.0 Å². The number of rotatable bonds is 9. The zero-order chi connectivity index (χ0) is 90.3. The van der Waals surface area contributed by atoms with Crippen molar-refractivity contribution in [2.75, 3.05) is 0 Å². The van der Waals surface area contributed by atoms with Gasteiger partial charge in [0.05, 0.1) is 61.6 Å². The molecule has 0 saturated heterocycles. The number of Topliss-reactive ketones (excluding diaryl/α,β-unsaturated/α-hetero) is 1. The Balaban J connectivity index is 0.000000130. The Hall–Kier alpha value is -17.1. The summed E-state index contributed by atoms with van der Waals surface area (Å²) in [5.41, 5.74) is 19.1. The van der Waals surface area contributed by atoms with Gasteiger partial charge in [-0.2, -0.15) is 13.2 Å². The number of nitrogens with one attached hydrogen (secondary N) is 1. The lowest BCUT2D eigenvalue weighted by Crippen LogP contribution is -2.04. The number of aromatic amines is 1. The minimum atomic E-state index is -4.50. The largest absolute Gasteiger partial charge is 0.508 e. The molecule has 21 nitrogen and oxygen atoms in total. The highest BCUT2D eigenvalue weighted by atomic mass is 19.4. The van der Waals surface area contributed by atoms with E-state index in [2.05, 4.69) is 57.9 Å². The predicted molar refractivity (Wildman–Crippen MR) is 483 cm³/mol. The van der Waals surface area contributed by atoms with E-state index >= 15 is 0 Å². The number of alkyl halides is 3. The molecule has 0 aliphatic heterocycles. The van der Waals surface area contributed by atoms with E-state index in [0.717, 1.165) is 122 Å². The van der Waals surface area contributed by atoms with Crippen molar-refractivity contribution >= 4 is 106 Å². The number of fused-ring (bicyclic) bond motifs is 6. The van der Waals surface area contributed by atoms with Crippen LogP contribution in [-0.2, 0) is 6.18 Å². The lowest BCUT2D eigenvalue weighted by molar-refractivity contribution is -0.140. The highest BCUT2D eigenvalue weighted by Crippen LogP contribution is 2.45. The second kappa shape index (κ2) is 36.4. The number of aromatic nitrogens is 4. The van der Waals surface area contributed by atoms with Gasteiger partial charge in [-0.05, 0) is 242 Å². The smallest absolute Gasteiger partial charge is 0.431 e. The number of aryl methyl sites for hydroxylation is 6. The molecular formula is C102H76F3N9O12. The lowest BCUT2D eigenvalue weighted by Gasteiger charge is -2.14. The van der Waals surface area contributed by atoms with E-state index in [0.29, 0.717) is 78.5 Å². The summed E-state index contributed by atoms with van der Waals surface area (Å²) in [4.78, 5) is 42.1. The molecule has 5 heterocycles. The van der Waals surface area contributed by atoms with Crippen molar-refractivity contribution in [3.63, 3.8) is 0 Å². The number of carbonyl (C=O) groups excluding carboxylic acids is 1. The van der Waals surface area contributed by atoms with Crippen LogP contribution in [0.4, 0.5) is 41.6 Å². The van der Waals surface area contributed by atoms with Crippen molar-refractivity contribution in [3.8, 4) is 101 Å². The number of nitrogens with zero attached hydrogens (tertiary/aromatic N) is 8. The maximum atomic E-state index is 12.9. The summed E-state index contributed by atoms with van der Waals surface area (Å²) < 4.78 is 57.1. The first-order valence-electron chi connectivity index (χ1n) is 38.9. The third-order valence-corrected chi connectivity index (χ3v) is 21.2. The molecule has 0 fully saturated rings. The molecule has 622 valence electrons. The van der Waals surface area contributed by atoms with E-state index in [1.165, 1.54) is 43.5 Å². The molecule has 0 radical (unpaired) electrons. The number of aromatic carboxylic acids is 1. The number of ketones is 1. The fourth-order valence-electron chi connectivity index (χ4n) is 14.4. The number of furan rings is 1. The Kier molecular flexibility index (Phi) is 25.1. The standard InChI is InChI=1S/C19H18N2O.C19H13NO2.C17H11F3N2O.C16H12N2O2.C16H11NO2.C15H11NO4/c1-12(2)21-11-17(20-4)16-7-5-6-15(19(16)21)14-9-8-13(3)18(22)10-14;1-12(21)16-8-7-14(10-19(16)22)18-11-15(20-2)9-13-5-3-4-6-17(13)18;1-9-3-4-10(6-14(9)23)13-8-12(21-2)5-11-7-15(17(18,19)20)22-16(11)13;1-9-4-5-11(6-15(9)19)14-8-12(17-3)7-13-10(2)18-20-16(13)14;1-10-6-7-11(8-15(10)18)12-4-3-5-13-14(17-2)9-19-16(12)13;1-8-10-3-2-4-11(14(10)20-16-8)9-5-6-12(15(18)19)13(17)7-9/h5-12,22H,1-3H3;3-11,22H,1H3;3-8,22-23H,1H3;4-8,19H,1-2H3;3-9,18H,1H3;2-7,17H,1H3,(H,18,19). The van der Waals surface area contributed by atoms with E-state index in [-0.39, 0.29) is 57.3 Å². The maximum Gasteiger partial charge on any atom is 0.431 e. The third-order valence-electron chi connectivity index (χ3n) is 21.2. The topological polar surface area (TPSA) is 283 Å². The lowest BCUT2D eigenvalue weighted by atomic mass is 9.96. The van der Waals surface area contributed by atoms with Crippen LogP contribution in [0.3, 0.4) is 0 Å². The van der Waals surface area contributed by atoms with Crippen LogP contribution in [0, 0.1) is 74.4 Å². The van der Waals surface area contributed by atoms with E-state index in [4.69, 9.17) is 51.4 Å². The highest BCUT2D eigenvalue weighted by molar-refractivity contribution is 6.06. The summed E-state index contributed by atoms with van der Waals surface area (Å²) in [6.07, 6.45) is -1.11. The van der Waals surface area contributed by atoms with Crippen molar-refractivity contribution in [3.05, 3.63) is 351 Å². The molecule has 0 aliphatic carbocycles. The van der Waals surface area contributed by atoms with Gasteiger partial charge in [0.1, 0.15) is 51.3 Å². The molecule has 24 heteroatoms. The zero-order valence-electron chi connectivity index (χ0n) is 69.1. The number of para-hydroxylation sites is 3. The number of halogens is 3. The predicted octanol–water partition coefficient (Wildman–Crippen LogP) is 28.1. The summed E-state index contributed by atoms with van der Waals surface area (Å²) in [5, 5.41) is 81.9. The van der Waals surface area contributed by atoms with Crippen LogP contribution in [-0.4, -0.2) is 67.4 Å². The SMILES string of the molecule is Cc1noc2c(-c3ccc(C(=O)O)c(O)c3)cccc12.[C-]#[N+]c1cc(-c2ccc(C(C)=O)c(O)c2)c2ccccc2c1.[C-]#[N+]c1cc(-c2ccc(C)c(O)c2)c2[nH]c(C(F)(F)F)cc2c1.[C-]#[N+]c1cc(-c2ccc(C)c(O)c2)c2onc(C)c2c1.[C-]#[N+]c1cn(C(C)C)c2c(-c3ccc(C)c(O)c3)cccc12.[C-]#[N+]c1coc2c(-c3ccc(C)c(O)c3)cccc12. The van der Waals surface area contributed by atoms with Crippen molar-refractivity contribution in [2.45, 2.75) is 74.5 Å². The van der Waals surface area contributed by atoms with Crippen LogP contribution in [0.5, 0.6) is 34.5 Å². The van der Waals surface area contributed by atoms with Gasteiger partial charge in [-0.1, -0.05) is 144 Å². The molecule has 0 amide bonds. The van der Waals surface area contributed by atoms with Gasteiger partial charge in [-0.3, -0.25) is 4.79 Å². The number of carboxylic acids is 1. The number of aromatic hydroxyl groups is 6. The molecule has 126 heavy (non-hydrogen) atoms. The normalized spacial score (nSPS) is 10.9. The fraction of sp³-hybridized carbons (Fsp3) is 0.108. The molecule has 0 aliphatic rings. The number of phenols is 6. The Morgan fingerprint density at radius 3 is 1.34 bits per heavy atom. The number of hydrogen-bond acceptors (Lipinski definition) is 13. The van der Waals surface area contributed by atoms with Gasteiger partial charge in [0.15, 0.2) is 34.0 Å². The Morgan fingerprint density at radius 2 is 0.833 bits per heavy atom. The molecular weight excluding hydrogens is 1600 g/mol. The van der Waals surface area contributed by atoms with Gasteiger partial charge in [0, 0.05) is 61.6 Å². The molecule has 0 saturated carbocycles. The van der Waals surface area contributed by atoms with Crippen LogP contribution in [0.1, 0.15) is 86.9 Å². The second-order valence-corrected chi connectivity index (χ2v) is 29.9. The van der Waals surface area contributed by atoms with Crippen LogP contribution in [0.15, 0.2) is 256 Å². The van der Waals surface area contributed by atoms with Gasteiger partial charge in [-0.15, -0.1) is 0 Å². The van der Waals surface area contributed by atoms with Crippen LogP contribution in [0.2, 0.25) is 0 Å². The number of hydrogen-bond donors (Lipinski definition) is 8. The summed E-state index contributed by atoms with van der Waals surface area (Å²) in [5.74, 6) is -0.835. The summed E-state index contributed by atoms with van der Waals surface area (Å²) in [7, 11) is 0. The monoisotopic (exact) mass is 1680 g/mol. The molecule has 8 N–H and O–H groups in total. The highest BCUT2D eigenvalue weighted by Gasteiger charge is 2.33. The van der Waals surface area contributed by atoms with Crippen molar-refractivity contribution in [1.29, 1.82) is 0 Å². The van der Waals surface area contributed by atoms with Crippen LogP contribution < -0.4 is 0 Å². The third kappa shape index (κ3) is 18.2. The molecule has 13 aromatic carbocycles. The van der Waals surface area contributed by atoms with Crippen LogP contribution >= 0.6 is 0 Å². The minimum Gasteiger partial charge on any atom is -0.508 e. The first-order chi connectivity index (χ1) is 60.3. The number of carbonyl (C=O) groups is 2. The Morgan fingerprint density at radius 1 is 0.413 bits per heavy atom. The molecule has 0 atom stereocenters. The second-order valence-electron chi connectivity index (χ2n) is 29.9. The van der Waals surface area contributed by atoms with Gasteiger partial charge in [0.25, 0.3) is 0 Å². The first-order valence-corrected chi connectivity index (χ1v) is 38.9. The van der Waals surface area contributed by atoms with E-state index < -0.39 is 17.8 Å². The first kappa shape index (κ1) is 86.7. The number of carboxylic acid groups (broad SMARTS) is 1. The van der Waals surface area contributed by atoms with Gasteiger partial charge < -0.3 is 58.8 Å². The van der Waals surface area contributed by atoms with E-state index in [1.54, 1.807) is 79.7 Å². The van der Waals surface area contributed by atoms with Crippen molar-refractivity contribution in [2.24, 2.45) is 0 Å². The van der Waals surface area contributed by atoms with Gasteiger partial charge >= 0.3 is 12.1 Å².